The fourth-order valence-corrected chi connectivity index (χ4v) is 4.42. The van der Waals surface area contributed by atoms with Gasteiger partial charge in [-0.2, -0.15) is 15.2 Å². The highest BCUT2D eigenvalue weighted by atomic mass is 16.5. The molecule has 4 N–H and O–H groups in total. The summed E-state index contributed by atoms with van der Waals surface area (Å²) in [7, 11) is 1.87. The molecule has 0 spiro atoms. The molecule has 1 saturated heterocycles. The molecule has 6 rings (SSSR count). The quantitative estimate of drug-likeness (QED) is 0.314. The topological polar surface area (TPSA) is 160 Å². The van der Waals surface area contributed by atoms with Gasteiger partial charge in [0.15, 0.2) is 11.5 Å². The number of nitrogens with one attached hydrogen (secondary N) is 2. The normalized spacial score (nSPS) is 17.8. The van der Waals surface area contributed by atoms with E-state index in [1.807, 2.05) is 44.4 Å². The van der Waals surface area contributed by atoms with Crippen molar-refractivity contribution in [2.24, 2.45) is 12.8 Å². The van der Waals surface area contributed by atoms with E-state index < -0.39 is 0 Å². The first-order chi connectivity index (χ1) is 17.9. The average Bonchev–Trinajstić information content (AvgIpc) is 3.58. The lowest BCUT2D eigenvalue weighted by atomic mass is 10.0. The van der Waals surface area contributed by atoms with Gasteiger partial charge in [0.2, 0.25) is 11.8 Å². The molecule has 0 amide bonds. The molecule has 1 aliphatic rings. The van der Waals surface area contributed by atoms with E-state index in [-0.39, 0.29) is 12.1 Å². The number of aryl methyl sites for hydroxylation is 3. The molecule has 1 fully saturated rings. The van der Waals surface area contributed by atoms with Crippen molar-refractivity contribution in [1.29, 1.82) is 0 Å². The van der Waals surface area contributed by atoms with E-state index in [9.17, 15) is 0 Å². The Hall–Kier alpha value is -4.36. The van der Waals surface area contributed by atoms with Gasteiger partial charge in [-0.05, 0) is 31.5 Å². The Labute approximate surface area is 212 Å². The zero-order chi connectivity index (χ0) is 25.5. The minimum Gasteiger partial charge on any atom is -0.420 e. The molecule has 0 aliphatic carbocycles. The summed E-state index contributed by atoms with van der Waals surface area (Å²) in [6, 6.07) is 7.76. The first kappa shape index (κ1) is 23.1. The number of benzene rings is 1. The maximum atomic E-state index is 6.21. The number of hydrogen-bond acceptors (Lipinski definition) is 11. The van der Waals surface area contributed by atoms with Crippen LogP contribution >= 0.6 is 0 Å². The number of ether oxygens (including phenoxy) is 1. The van der Waals surface area contributed by atoms with Crippen molar-refractivity contribution in [3.63, 3.8) is 0 Å². The van der Waals surface area contributed by atoms with E-state index in [1.54, 1.807) is 22.5 Å². The van der Waals surface area contributed by atoms with E-state index in [1.165, 1.54) is 0 Å². The van der Waals surface area contributed by atoms with Crippen LogP contribution in [0, 0.1) is 13.8 Å². The molecule has 2 atom stereocenters. The molecule has 0 saturated carbocycles. The third-order valence-corrected chi connectivity index (χ3v) is 6.35. The molecular weight excluding hydrogens is 474 g/mol. The number of anilines is 3. The van der Waals surface area contributed by atoms with Crippen molar-refractivity contribution in [2.75, 3.05) is 23.8 Å². The highest BCUT2D eigenvalue weighted by Crippen LogP contribution is 2.30. The molecule has 1 aromatic carbocycles. The van der Waals surface area contributed by atoms with Crippen LogP contribution in [0.4, 0.5) is 17.3 Å². The summed E-state index contributed by atoms with van der Waals surface area (Å²) in [6.45, 7) is 4.95. The highest BCUT2D eigenvalue weighted by molar-refractivity contribution is 5.93. The fraction of sp³-hybridized carbons (Fsp3) is 0.333. The molecule has 5 heterocycles. The van der Waals surface area contributed by atoms with Crippen LogP contribution in [0.1, 0.15) is 18.0 Å². The van der Waals surface area contributed by atoms with Crippen LogP contribution in [0.2, 0.25) is 0 Å². The van der Waals surface area contributed by atoms with Crippen LogP contribution in [0.15, 0.2) is 41.1 Å². The smallest absolute Gasteiger partial charge is 0.268 e. The summed E-state index contributed by atoms with van der Waals surface area (Å²) in [5.41, 5.74) is 10.3. The number of hydrogen-bond donors (Lipinski definition) is 3. The molecule has 0 unspecified atom stereocenters. The molecule has 37 heavy (non-hydrogen) atoms. The average molecular weight is 502 g/mol. The molecule has 0 radical (unpaired) electrons. The molecular formula is C24H27N11O2. The van der Waals surface area contributed by atoms with Crippen molar-refractivity contribution < 1.29 is 9.15 Å². The summed E-state index contributed by atoms with van der Waals surface area (Å²) in [5.74, 6) is 1.93. The lowest BCUT2D eigenvalue weighted by molar-refractivity contribution is 0.0752. The van der Waals surface area contributed by atoms with E-state index in [2.05, 4.69) is 41.0 Å². The van der Waals surface area contributed by atoms with Gasteiger partial charge in [-0.3, -0.25) is 4.68 Å². The Morgan fingerprint density at radius 1 is 1.14 bits per heavy atom. The molecule has 13 heteroatoms. The molecule has 0 bridgehead atoms. The number of fused-ring (bicyclic) bond motifs is 1. The van der Waals surface area contributed by atoms with E-state index >= 15 is 0 Å². The predicted molar refractivity (Wildman–Crippen MR) is 137 cm³/mol. The third kappa shape index (κ3) is 4.49. The Bertz CT molecular complexity index is 1570. The number of rotatable bonds is 6. The molecule has 13 nitrogen and oxygen atoms in total. The SMILES string of the molecule is Cc1nnc(-c2nn(C)c3ccc(Nc4nccc(-n5cc(N[C@@H]6CCOC[C@@H]6N)c(C)n5)n4)cc23)o1. The van der Waals surface area contributed by atoms with Gasteiger partial charge in [0.25, 0.3) is 5.89 Å². The van der Waals surface area contributed by atoms with Crippen molar-refractivity contribution in [3.8, 4) is 17.4 Å². The molecule has 190 valence electrons. The molecule has 1 aliphatic heterocycles. The van der Waals surface area contributed by atoms with Crippen LogP contribution in [0.5, 0.6) is 0 Å². The van der Waals surface area contributed by atoms with Gasteiger partial charge < -0.3 is 25.5 Å². The minimum atomic E-state index is -0.0622. The van der Waals surface area contributed by atoms with Gasteiger partial charge in [0, 0.05) is 56.0 Å². The van der Waals surface area contributed by atoms with Crippen LogP contribution < -0.4 is 16.4 Å². The van der Waals surface area contributed by atoms with Gasteiger partial charge in [-0.15, -0.1) is 10.2 Å². The van der Waals surface area contributed by atoms with Gasteiger partial charge in [0.05, 0.1) is 29.7 Å². The third-order valence-electron chi connectivity index (χ3n) is 6.35. The Balaban J connectivity index is 1.25. The first-order valence-electron chi connectivity index (χ1n) is 12.0. The van der Waals surface area contributed by atoms with Gasteiger partial charge in [0.1, 0.15) is 0 Å². The zero-order valence-corrected chi connectivity index (χ0v) is 20.7. The number of nitrogens with zero attached hydrogens (tertiary/aromatic N) is 8. The van der Waals surface area contributed by atoms with Crippen LogP contribution in [-0.4, -0.2) is 65.0 Å². The second-order valence-corrected chi connectivity index (χ2v) is 9.04. The van der Waals surface area contributed by atoms with Gasteiger partial charge >= 0.3 is 0 Å². The van der Waals surface area contributed by atoms with Crippen molar-refractivity contribution >= 4 is 28.2 Å². The predicted octanol–water partition coefficient (Wildman–Crippen LogP) is 2.49. The fourth-order valence-electron chi connectivity index (χ4n) is 4.42. The Kier molecular flexibility index (Phi) is 5.77. The van der Waals surface area contributed by atoms with Crippen molar-refractivity contribution in [3.05, 3.63) is 48.2 Å². The summed E-state index contributed by atoms with van der Waals surface area (Å²) in [5, 5.41) is 24.9. The maximum Gasteiger partial charge on any atom is 0.268 e. The summed E-state index contributed by atoms with van der Waals surface area (Å²) >= 11 is 0. The van der Waals surface area contributed by atoms with Crippen molar-refractivity contribution in [2.45, 2.75) is 32.4 Å². The monoisotopic (exact) mass is 501 g/mol. The summed E-state index contributed by atoms with van der Waals surface area (Å²) in [4.78, 5) is 9.06. The lowest BCUT2D eigenvalue weighted by Crippen LogP contribution is -2.47. The van der Waals surface area contributed by atoms with Gasteiger partial charge in [-0.1, -0.05) is 0 Å². The van der Waals surface area contributed by atoms with E-state index in [4.69, 9.17) is 14.9 Å². The van der Waals surface area contributed by atoms with Gasteiger partial charge in [-0.25, -0.2) is 9.67 Å². The number of nitrogens with two attached hydrogens (primary N) is 1. The Morgan fingerprint density at radius 2 is 2.03 bits per heavy atom. The highest BCUT2D eigenvalue weighted by Gasteiger charge is 2.23. The largest absolute Gasteiger partial charge is 0.420 e. The van der Waals surface area contributed by atoms with Crippen LogP contribution in [0.25, 0.3) is 28.3 Å². The lowest BCUT2D eigenvalue weighted by Gasteiger charge is -2.29. The van der Waals surface area contributed by atoms with E-state index in [0.29, 0.717) is 42.5 Å². The minimum absolute atomic E-state index is 0.0622. The number of aromatic nitrogens is 8. The maximum absolute atomic E-state index is 6.21. The van der Waals surface area contributed by atoms with E-state index in [0.717, 1.165) is 34.4 Å². The van der Waals surface area contributed by atoms with Crippen LogP contribution in [0.3, 0.4) is 0 Å². The summed E-state index contributed by atoms with van der Waals surface area (Å²) in [6.07, 6.45) is 4.46. The van der Waals surface area contributed by atoms with Crippen molar-refractivity contribution in [1.82, 2.24) is 39.7 Å². The zero-order valence-electron chi connectivity index (χ0n) is 20.7. The second kappa shape index (κ2) is 9.26. The standard InChI is InChI=1S/C24H27N11O2/c1-13-19(28-18-7-9-36-12-17(18)25)11-35(32-13)21-6-8-26-24(29-21)27-15-4-5-20-16(10-15)22(33-34(20)3)23-31-30-14(2)37-23/h4-6,8,10-11,17-18,28H,7,9,12,25H2,1-3H3,(H,26,27,29)/t17-,18+/m0/s1. The van der Waals surface area contributed by atoms with Crippen LogP contribution in [-0.2, 0) is 11.8 Å². The first-order valence-corrected chi connectivity index (χ1v) is 12.0. The Morgan fingerprint density at radius 3 is 2.84 bits per heavy atom. The molecule has 5 aromatic rings. The summed E-state index contributed by atoms with van der Waals surface area (Å²) < 4.78 is 14.6. The molecule has 4 aromatic heterocycles. The second-order valence-electron chi connectivity index (χ2n) is 9.04.